The van der Waals surface area contributed by atoms with Gasteiger partial charge in [0.2, 0.25) is 5.91 Å². The smallest absolute Gasteiger partial charge is 0.238 e. The number of carbonyl (C=O) groups is 1. The lowest BCUT2D eigenvalue weighted by Crippen LogP contribution is -2.29. The molecule has 0 unspecified atom stereocenters. The number of benzene rings is 2. The average molecular weight is 296 g/mol. The number of hydrogen-bond donors (Lipinski definition) is 2. The summed E-state index contributed by atoms with van der Waals surface area (Å²) in [5.74, 6) is 0.00779. The SMILES string of the molecule is Cc1cccc(NC(=O)CNCCCc2ccccc2)c1C. The third-order valence-electron chi connectivity index (χ3n) is 3.83. The molecule has 2 aromatic rings. The van der Waals surface area contributed by atoms with E-state index < -0.39 is 0 Å². The number of amides is 1. The second-order valence-electron chi connectivity index (χ2n) is 5.56. The summed E-state index contributed by atoms with van der Waals surface area (Å²) >= 11 is 0. The Morgan fingerprint density at radius 2 is 1.77 bits per heavy atom. The zero-order valence-electron chi connectivity index (χ0n) is 13.4. The minimum absolute atomic E-state index is 0.00779. The van der Waals surface area contributed by atoms with E-state index in [1.807, 2.05) is 38.1 Å². The van der Waals surface area contributed by atoms with Crippen molar-refractivity contribution in [1.82, 2.24) is 5.32 Å². The van der Waals surface area contributed by atoms with Gasteiger partial charge in [-0.2, -0.15) is 0 Å². The van der Waals surface area contributed by atoms with Gasteiger partial charge in [0.25, 0.3) is 0 Å². The Labute approximate surface area is 132 Å². The van der Waals surface area contributed by atoms with Gasteiger partial charge in [0, 0.05) is 5.69 Å². The topological polar surface area (TPSA) is 41.1 Å². The van der Waals surface area contributed by atoms with Crippen molar-refractivity contribution in [3.63, 3.8) is 0 Å². The van der Waals surface area contributed by atoms with Crippen molar-refractivity contribution in [3.8, 4) is 0 Å². The van der Waals surface area contributed by atoms with E-state index in [1.165, 1.54) is 11.1 Å². The minimum atomic E-state index is 0.00779. The molecule has 0 heterocycles. The van der Waals surface area contributed by atoms with Crippen LogP contribution in [0.2, 0.25) is 0 Å². The van der Waals surface area contributed by atoms with E-state index in [9.17, 15) is 4.79 Å². The van der Waals surface area contributed by atoms with E-state index in [4.69, 9.17) is 0 Å². The van der Waals surface area contributed by atoms with Gasteiger partial charge in [-0.05, 0) is 56.0 Å². The van der Waals surface area contributed by atoms with Crippen LogP contribution in [0.15, 0.2) is 48.5 Å². The number of carbonyl (C=O) groups excluding carboxylic acids is 1. The predicted molar refractivity (Wildman–Crippen MR) is 92.2 cm³/mol. The first-order valence-corrected chi connectivity index (χ1v) is 7.77. The molecule has 3 nitrogen and oxygen atoms in total. The van der Waals surface area contributed by atoms with Crippen LogP contribution in [0.25, 0.3) is 0 Å². The highest BCUT2D eigenvalue weighted by Crippen LogP contribution is 2.17. The first-order valence-electron chi connectivity index (χ1n) is 7.77. The van der Waals surface area contributed by atoms with Gasteiger partial charge in [0.1, 0.15) is 0 Å². The van der Waals surface area contributed by atoms with Crippen LogP contribution in [0.5, 0.6) is 0 Å². The summed E-state index contributed by atoms with van der Waals surface area (Å²) in [7, 11) is 0. The van der Waals surface area contributed by atoms with Gasteiger partial charge in [0.05, 0.1) is 6.54 Å². The lowest BCUT2D eigenvalue weighted by atomic mass is 10.1. The summed E-state index contributed by atoms with van der Waals surface area (Å²) in [6, 6.07) is 16.4. The van der Waals surface area contributed by atoms with Crippen molar-refractivity contribution < 1.29 is 4.79 Å². The summed E-state index contributed by atoms with van der Waals surface area (Å²) < 4.78 is 0. The van der Waals surface area contributed by atoms with Crippen LogP contribution in [0.1, 0.15) is 23.1 Å². The van der Waals surface area contributed by atoms with Crippen molar-refractivity contribution in [2.24, 2.45) is 0 Å². The lowest BCUT2D eigenvalue weighted by molar-refractivity contribution is -0.115. The highest BCUT2D eigenvalue weighted by Gasteiger charge is 2.05. The molecule has 22 heavy (non-hydrogen) atoms. The van der Waals surface area contributed by atoms with Crippen LogP contribution in [0, 0.1) is 13.8 Å². The van der Waals surface area contributed by atoms with Gasteiger partial charge < -0.3 is 10.6 Å². The van der Waals surface area contributed by atoms with Gasteiger partial charge in [0.15, 0.2) is 0 Å². The molecule has 2 N–H and O–H groups in total. The van der Waals surface area contributed by atoms with E-state index in [0.29, 0.717) is 6.54 Å². The van der Waals surface area contributed by atoms with E-state index >= 15 is 0 Å². The van der Waals surface area contributed by atoms with Crippen molar-refractivity contribution in [3.05, 3.63) is 65.2 Å². The van der Waals surface area contributed by atoms with Crippen LogP contribution in [0.4, 0.5) is 5.69 Å². The van der Waals surface area contributed by atoms with Crippen LogP contribution >= 0.6 is 0 Å². The van der Waals surface area contributed by atoms with Crippen LogP contribution < -0.4 is 10.6 Å². The van der Waals surface area contributed by atoms with Crippen molar-refractivity contribution in [2.45, 2.75) is 26.7 Å². The number of rotatable bonds is 7. The Bertz CT molecular complexity index is 608. The first-order chi connectivity index (χ1) is 10.7. The maximum Gasteiger partial charge on any atom is 0.238 e. The Kier molecular flexibility index (Phi) is 6.16. The van der Waals surface area contributed by atoms with Gasteiger partial charge in [-0.15, -0.1) is 0 Å². The van der Waals surface area contributed by atoms with E-state index in [0.717, 1.165) is 30.6 Å². The maximum atomic E-state index is 11.9. The highest BCUT2D eigenvalue weighted by molar-refractivity contribution is 5.93. The highest BCUT2D eigenvalue weighted by atomic mass is 16.1. The summed E-state index contributed by atoms with van der Waals surface area (Å²) in [6.45, 7) is 5.27. The lowest BCUT2D eigenvalue weighted by Gasteiger charge is -2.11. The Balaban J connectivity index is 1.67. The molecule has 0 aliphatic rings. The van der Waals surface area contributed by atoms with Gasteiger partial charge in [-0.25, -0.2) is 0 Å². The molecule has 0 atom stereocenters. The van der Waals surface area contributed by atoms with Crippen molar-refractivity contribution in [1.29, 1.82) is 0 Å². The maximum absolute atomic E-state index is 11.9. The average Bonchev–Trinajstić information content (AvgIpc) is 2.52. The molecule has 0 radical (unpaired) electrons. The van der Waals surface area contributed by atoms with Crippen molar-refractivity contribution >= 4 is 11.6 Å². The second-order valence-corrected chi connectivity index (χ2v) is 5.56. The molecular weight excluding hydrogens is 272 g/mol. The summed E-state index contributed by atoms with van der Waals surface area (Å²) in [6.07, 6.45) is 2.06. The molecule has 1 amide bonds. The van der Waals surface area contributed by atoms with Gasteiger partial charge >= 0.3 is 0 Å². The number of nitrogens with one attached hydrogen (secondary N) is 2. The van der Waals surface area contributed by atoms with Crippen molar-refractivity contribution in [2.75, 3.05) is 18.4 Å². The second kappa shape index (κ2) is 8.35. The molecule has 0 bridgehead atoms. The Morgan fingerprint density at radius 3 is 2.55 bits per heavy atom. The van der Waals surface area contributed by atoms with Crippen LogP contribution in [-0.4, -0.2) is 19.0 Å². The number of hydrogen-bond acceptors (Lipinski definition) is 2. The minimum Gasteiger partial charge on any atom is -0.325 e. The monoisotopic (exact) mass is 296 g/mol. The number of anilines is 1. The normalized spacial score (nSPS) is 10.5. The van der Waals surface area contributed by atoms with Crippen LogP contribution in [-0.2, 0) is 11.2 Å². The molecule has 0 aromatic heterocycles. The molecule has 2 aromatic carbocycles. The van der Waals surface area contributed by atoms with E-state index in [2.05, 4.69) is 34.9 Å². The summed E-state index contributed by atoms with van der Waals surface area (Å²) in [5, 5.41) is 6.16. The molecule has 3 heteroatoms. The fourth-order valence-electron chi connectivity index (χ4n) is 2.35. The molecule has 0 spiro atoms. The fourth-order valence-corrected chi connectivity index (χ4v) is 2.35. The molecule has 0 aliphatic carbocycles. The molecular formula is C19H24N2O. The standard InChI is InChI=1S/C19H24N2O/c1-15-8-6-12-18(16(15)2)21-19(22)14-20-13-7-11-17-9-4-3-5-10-17/h3-6,8-10,12,20H,7,11,13-14H2,1-2H3,(H,21,22). The Hall–Kier alpha value is -2.13. The summed E-state index contributed by atoms with van der Waals surface area (Å²) in [4.78, 5) is 11.9. The molecule has 0 saturated heterocycles. The summed E-state index contributed by atoms with van der Waals surface area (Å²) in [5.41, 5.74) is 4.55. The third-order valence-corrected chi connectivity index (χ3v) is 3.83. The number of aryl methyl sites for hydroxylation is 2. The molecule has 0 fully saturated rings. The Morgan fingerprint density at radius 1 is 1.00 bits per heavy atom. The van der Waals surface area contributed by atoms with E-state index in [1.54, 1.807) is 0 Å². The third kappa shape index (κ3) is 5.01. The van der Waals surface area contributed by atoms with Crippen LogP contribution in [0.3, 0.4) is 0 Å². The van der Waals surface area contributed by atoms with E-state index in [-0.39, 0.29) is 5.91 Å². The zero-order chi connectivity index (χ0) is 15.8. The quantitative estimate of drug-likeness (QED) is 0.768. The molecule has 0 saturated carbocycles. The molecule has 2 rings (SSSR count). The first kappa shape index (κ1) is 16.2. The molecule has 116 valence electrons. The molecule has 0 aliphatic heterocycles. The van der Waals surface area contributed by atoms with Gasteiger partial charge in [-0.3, -0.25) is 4.79 Å². The van der Waals surface area contributed by atoms with Gasteiger partial charge in [-0.1, -0.05) is 42.5 Å². The largest absolute Gasteiger partial charge is 0.325 e. The predicted octanol–water partition coefficient (Wildman–Crippen LogP) is 3.46. The fraction of sp³-hybridized carbons (Fsp3) is 0.316. The zero-order valence-corrected chi connectivity index (χ0v) is 13.4.